The first-order valence-electron chi connectivity index (χ1n) is 10.3. The van der Waals surface area contributed by atoms with Crippen molar-refractivity contribution in [1.29, 1.82) is 0 Å². The van der Waals surface area contributed by atoms with E-state index in [1.807, 2.05) is 43.4 Å². The van der Waals surface area contributed by atoms with Crippen LogP contribution in [0.5, 0.6) is 5.75 Å². The van der Waals surface area contributed by atoms with Gasteiger partial charge in [0.1, 0.15) is 11.9 Å². The van der Waals surface area contributed by atoms with Gasteiger partial charge in [-0.15, -0.1) is 0 Å². The van der Waals surface area contributed by atoms with Gasteiger partial charge in [0.2, 0.25) is 0 Å². The highest BCUT2D eigenvalue weighted by atomic mass is 16.5. The number of methoxy groups -OCH3 is 1. The Morgan fingerprint density at radius 3 is 2.30 bits per heavy atom. The summed E-state index contributed by atoms with van der Waals surface area (Å²) in [5, 5.41) is 10.6. The summed E-state index contributed by atoms with van der Waals surface area (Å²) in [6.07, 6.45) is -0.789. The lowest BCUT2D eigenvalue weighted by atomic mass is 10.0. The lowest BCUT2D eigenvalue weighted by molar-refractivity contribution is -0.00626. The Balaban J connectivity index is 1.59. The van der Waals surface area contributed by atoms with Crippen molar-refractivity contribution in [3.05, 3.63) is 101 Å². The van der Waals surface area contributed by atoms with Crippen molar-refractivity contribution in [3.8, 4) is 5.75 Å². The summed E-state index contributed by atoms with van der Waals surface area (Å²) < 4.78 is 11.5. The van der Waals surface area contributed by atoms with E-state index < -0.39 is 6.10 Å². The van der Waals surface area contributed by atoms with Crippen LogP contribution in [0.4, 0.5) is 0 Å². The maximum Gasteiger partial charge on any atom is 0.119 e. The van der Waals surface area contributed by atoms with Crippen LogP contribution < -0.4 is 4.74 Å². The number of hydrogen-bond donors (Lipinski definition) is 1. The van der Waals surface area contributed by atoms with Gasteiger partial charge in [-0.05, 0) is 42.8 Å². The highest BCUT2D eigenvalue weighted by Gasteiger charge is 2.17. The molecule has 0 aliphatic heterocycles. The SMILES string of the molecule is COc1cccc(CN(C)C[C@@H](O)CO[C@@H](c2ccccc2)c2ccc(C)cc2)c1. The van der Waals surface area contributed by atoms with E-state index in [2.05, 4.69) is 54.3 Å². The summed E-state index contributed by atoms with van der Waals surface area (Å²) in [6, 6.07) is 26.5. The molecule has 0 saturated heterocycles. The third kappa shape index (κ3) is 6.42. The van der Waals surface area contributed by atoms with E-state index in [9.17, 15) is 5.11 Å². The average molecular weight is 406 g/mol. The van der Waals surface area contributed by atoms with E-state index in [1.54, 1.807) is 7.11 Å². The van der Waals surface area contributed by atoms with Gasteiger partial charge in [0.05, 0.1) is 19.8 Å². The number of nitrogens with zero attached hydrogens (tertiary/aromatic N) is 1. The van der Waals surface area contributed by atoms with Gasteiger partial charge in [-0.3, -0.25) is 4.90 Å². The van der Waals surface area contributed by atoms with E-state index in [0.29, 0.717) is 6.54 Å². The van der Waals surface area contributed by atoms with Crippen molar-refractivity contribution < 1.29 is 14.6 Å². The van der Waals surface area contributed by atoms with Crippen molar-refractivity contribution >= 4 is 0 Å². The number of hydrogen-bond acceptors (Lipinski definition) is 4. The average Bonchev–Trinajstić information content (AvgIpc) is 2.76. The Kier molecular flexibility index (Phi) is 8.03. The fourth-order valence-electron chi connectivity index (χ4n) is 3.52. The molecule has 1 N–H and O–H groups in total. The van der Waals surface area contributed by atoms with Crippen LogP contribution >= 0.6 is 0 Å². The number of aliphatic hydroxyl groups is 1. The van der Waals surface area contributed by atoms with Crippen LogP contribution in [0.2, 0.25) is 0 Å². The van der Waals surface area contributed by atoms with Crippen LogP contribution in [-0.4, -0.2) is 43.4 Å². The van der Waals surface area contributed by atoms with Crippen molar-refractivity contribution in [3.63, 3.8) is 0 Å². The van der Waals surface area contributed by atoms with Crippen LogP contribution in [-0.2, 0) is 11.3 Å². The number of aliphatic hydroxyl groups excluding tert-OH is 1. The molecule has 0 amide bonds. The van der Waals surface area contributed by atoms with Gasteiger partial charge in [0, 0.05) is 13.1 Å². The van der Waals surface area contributed by atoms with E-state index in [-0.39, 0.29) is 12.7 Å². The fraction of sp³-hybridized carbons (Fsp3) is 0.308. The van der Waals surface area contributed by atoms with Crippen molar-refractivity contribution in [2.45, 2.75) is 25.7 Å². The second kappa shape index (κ2) is 10.9. The maximum absolute atomic E-state index is 10.6. The largest absolute Gasteiger partial charge is 0.497 e. The molecule has 0 unspecified atom stereocenters. The third-order valence-corrected chi connectivity index (χ3v) is 5.05. The van der Waals surface area contributed by atoms with Crippen LogP contribution in [0.3, 0.4) is 0 Å². The normalized spacial score (nSPS) is 13.2. The van der Waals surface area contributed by atoms with Crippen molar-refractivity contribution in [1.82, 2.24) is 4.90 Å². The minimum atomic E-state index is -0.586. The summed E-state index contributed by atoms with van der Waals surface area (Å²) in [6.45, 7) is 3.58. The number of rotatable bonds is 10. The minimum absolute atomic E-state index is 0.204. The number of ether oxygens (including phenoxy) is 2. The summed E-state index contributed by atoms with van der Waals surface area (Å²) in [5.74, 6) is 0.841. The predicted octanol–water partition coefficient (Wildman–Crippen LogP) is 4.60. The summed E-state index contributed by atoms with van der Waals surface area (Å²) >= 11 is 0. The van der Waals surface area contributed by atoms with Gasteiger partial charge in [-0.1, -0.05) is 72.3 Å². The number of likely N-dealkylation sites (N-methyl/N-ethyl adjacent to an activating group) is 1. The van der Waals surface area contributed by atoms with Crippen molar-refractivity contribution in [2.24, 2.45) is 0 Å². The van der Waals surface area contributed by atoms with Gasteiger partial charge in [0.25, 0.3) is 0 Å². The topological polar surface area (TPSA) is 41.9 Å². The number of benzene rings is 3. The van der Waals surface area contributed by atoms with Gasteiger partial charge in [-0.25, -0.2) is 0 Å². The Morgan fingerprint density at radius 1 is 0.900 bits per heavy atom. The number of aryl methyl sites for hydroxylation is 1. The van der Waals surface area contributed by atoms with E-state index >= 15 is 0 Å². The highest BCUT2D eigenvalue weighted by Crippen LogP contribution is 2.26. The molecule has 0 aromatic heterocycles. The first kappa shape index (κ1) is 22.0. The molecule has 2 atom stereocenters. The third-order valence-electron chi connectivity index (χ3n) is 5.05. The van der Waals surface area contributed by atoms with Crippen LogP contribution in [0, 0.1) is 6.92 Å². The molecule has 0 saturated carbocycles. The first-order chi connectivity index (χ1) is 14.5. The molecule has 30 heavy (non-hydrogen) atoms. The Hall–Kier alpha value is -2.66. The molecule has 0 radical (unpaired) electrons. The van der Waals surface area contributed by atoms with Gasteiger partial charge >= 0.3 is 0 Å². The van der Waals surface area contributed by atoms with Crippen LogP contribution in [0.25, 0.3) is 0 Å². The smallest absolute Gasteiger partial charge is 0.119 e. The molecule has 0 fully saturated rings. The standard InChI is InChI=1S/C26H31NO3/c1-20-12-14-23(15-13-20)26(22-9-5-4-6-10-22)30-19-24(28)18-27(2)17-21-8-7-11-25(16-21)29-3/h4-16,24,26,28H,17-19H2,1-3H3/t24-,26+/m1/s1. The van der Waals surface area contributed by atoms with E-state index in [0.717, 1.165) is 29.0 Å². The minimum Gasteiger partial charge on any atom is -0.497 e. The molecule has 0 heterocycles. The zero-order chi connectivity index (χ0) is 21.3. The maximum atomic E-state index is 10.6. The van der Waals surface area contributed by atoms with Crippen molar-refractivity contribution in [2.75, 3.05) is 27.3 Å². The molecule has 3 aromatic carbocycles. The molecule has 0 aliphatic carbocycles. The molecule has 158 valence electrons. The second-order valence-corrected chi connectivity index (χ2v) is 7.74. The summed E-state index contributed by atoms with van der Waals surface area (Å²) in [7, 11) is 3.67. The summed E-state index contributed by atoms with van der Waals surface area (Å²) in [4.78, 5) is 2.09. The quantitative estimate of drug-likeness (QED) is 0.535. The molecular weight excluding hydrogens is 374 g/mol. The van der Waals surface area contributed by atoms with Crippen LogP contribution in [0.1, 0.15) is 28.4 Å². The fourth-order valence-corrected chi connectivity index (χ4v) is 3.52. The molecule has 3 rings (SSSR count). The summed E-state index contributed by atoms with van der Waals surface area (Å²) in [5.41, 5.74) is 4.53. The van der Waals surface area contributed by atoms with Crippen LogP contribution in [0.15, 0.2) is 78.9 Å². The monoisotopic (exact) mass is 405 g/mol. The Bertz CT molecular complexity index is 896. The Morgan fingerprint density at radius 2 is 1.60 bits per heavy atom. The second-order valence-electron chi connectivity index (χ2n) is 7.74. The lowest BCUT2D eigenvalue weighted by Crippen LogP contribution is -2.32. The van der Waals surface area contributed by atoms with Gasteiger partial charge in [0.15, 0.2) is 0 Å². The molecule has 4 heteroatoms. The lowest BCUT2D eigenvalue weighted by Gasteiger charge is -2.24. The van der Waals surface area contributed by atoms with E-state index in [4.69, 9.17) is 9.47 Å². The van der Waals surface area contributed by atoms with Gasteiger partial charge in [-0.2, -0.15) is 0 Å². The van der Waals surface area contributed by atoms with Gasteiger partial charge < -0.3 is 14.6 Å². The predicted molar refractivity (Wildman–Crippen MR) is 121 cm³/mol. The zero-order valence-electron chi connectivity index (χ0n) is 18.0. The zero-order valence-corrected chi connectivity index (χ0v) is 18.0. The Labute approximate surface area is 179 Å². The molecular formula is C26H31NO3. The molecule has 3 aromatic rings. The molecule has 4 nitrogen and oxygen atoms in total. The molecule has 0 aliphatic rings. The highest BCUT2D eigenvalue weighted by molar-refractivity contribution is 5.32. The molecule has 0 bridgehead atoms. The first-order valence-corrected chi connectivity index (χ1v) is 10.3. The van der Waals surface area contributed by atoms with E-state index in [1.165, 1.54) is 5.56 Å². The molecule has 0 spiro atoms.